The number of nitrogens with zero attached hydrogens (tertiary/aromatic N) is 1. The quantitative estimate of drug-likeness (QED) is 0.738. The molecule has 0 fully saturated rings. The van der Waals surface area contributed by atoms with Crippen LogP contribution in [-0.2, 0) is 17.8 Å². The highest BCUT2D eigenvalue weighted by Gasteiger charge is 2.07. The summed E-state index contributed by atoms with van der Waals surface area (Å²) in [5.74, 6) is 0. The highest BCUT2D eigenvalue weighted by atomic mass is 16.5. The Bertz CT molecular complexity index is 867. The maximum absolute atomic E-state index is 11.9. The number of ether oxygens (including phenoxy) is 1. The van der Waals surface area contributed by atoms with Crippen molar-refractivity contribution in [2.45, 2.75) is 13.0 Å². The third-order valence-electron chi connectivity index (χ3n) is 3.66. The van der Waals surface area contributed by atoms with Crippen LogP contribution in [0, 0.1) is 0 Å². The smallest absolute Gasteiger partial charge is 0.421 e. The van der Waals surface area contributed by atoms with E-state index in [1.165, 1.54) is 23.4 Å². The molecule has 0 aliphatic rings. The molecule has 0 spiro atoms. The molecule has 0 aliphatic carbocycles. The fourth-order valence-corrected chi connectivity index (χ4v) is 2.38. The van der Waals surface area contributed by atoms with Crippen LogP contribution in [-0.4, -0.2) is 10.7 Å². The van der Waals surface area contributed by atoms with Crippen molar-refractivity contribution in [1.82, 2.24) is 4.57 Å². The van der Waals surface area contributed by atoms with E-state index >= 15 is 0 Å². The molecule has 0 amide bonds. The molecule has 1 heterocycles. The van der Waals surface area contributed by atoms with E-state index in [4.69, 9.17) is 4.74 Å². The lowest BCUT2D eigenvalue weighted by molar-refractivity contribution is 0.140. The van der Waals surface area contributed by atoms with Crippen molar-refractivity contribution in [3.05, 3.63) is 106 Å². The third kappa shape index (κ3) is 3.98. The zero-order valence-corrected chi connectivity index (χ0v) is 13.1. The Balaban J connectivity index is 1.59. The molecule has 4 nitrogen and oxygen atoms in total. The Morgan fingerprint density at radius 1 is 0.792 bits per heavy atom. The number of pyridine rings is 1. The lowest BCUT2D eigenvalue weighted by Crippen LogP contribution is -2.26. The first-order chi connectivity index (χ1) is 11.7. The van der Waals surface area contributed by atoms with Crippen molar-refractivity contribution in [2.75, 3.05) is 0 Å². The van der Waals surface area contributed by atoms with Gasteiger partial charge in [-0.3, -0.25) is 4.79 Å². The van der Waals surface area contributed by atoms with E-state index in [1.807, 2.05) is 42.5 Å². The zero-order valence-electron chi connectivity index (χ0n) is 13.1. The largest absolute Gasteiger partial charge is 0.444 e. The van der Waals surface area contributed by atoms with Crippen molar-refractivity contribution in [2.24, 2.45) is 0 Å². The number of carbonyl (C=O) groups excluding carboxylic acids is 1. The number of rotatable bonds is 4. The molecule has 0 atom stereocenters. The maximum atomic E-state index is 11.9. The topological polar surface area (TPSA) is 48.3 Å². The maximum Gasteiger partial charge on any atom is 0.421 e. The molecule has 24 heavy (non-hydrogen) atoms. The second-order valence-corrected chi connectivity index (χ2v) is 5.44. The molecule has 4 heteroatoms. The van der Waals surface area contributed by atoms with Gasteiger partial charge in [0.05, 0.1) is 0 Å². The number of hydrogen-bond acceptors (Lipinski definition) is 3. The molecule has 0 saturated carbocycles. The Kier molecular flexibility index (Phi) is 4.87. The summed E-state index contributed by atoms with van der Waals surface area (Å²) in [6, 6.07) is 22.6. The van der Waals surface area contributed by atoms with E-state index in [9.17, 15) is 9.59 Å². The summed E-state index contributed by atoms with van der Waals surface area (Å²) in [5, 5.41) is 0. The molecule has 3 rings (SSSR count). The highest BCUT2D eigenvalue weighted by molar-refractivity contribution is 5.70. The molecule has 120 valence electrons. The molecule has 0 aliphatic heterocycles. The number of benzene rings is 2. The van der Waals surface area contributed by atoms with Gasteiger partial charge in [-0.25, -0.2) is 9.36 Å². The van der Waals surface area contributed by atoms with Crippen LogP contribution in [0.3, 0.4) is 0 Å². The van der Waals surface area contributed by atoms with Crippen molar-refractivity contribution >= 4 is 6.09 Å². The van der Waals surface area contributed by atoms with Crippen LogP contribution in [0.25, 0.3) is 0 Å². The summed E-state index contributed by atoms with van der Waals surface area (Å²) < 4.78 is 6.13. The average molecular weight is 319 g/mol. The van der Waals surface area contributed by atoms with Crippen molar-refractivity contribution in [1.29, 1.82) is 0 Å². The first kappa shape index (κ1) is 15.7. The van der Waals surface area contributed by atoms with Crippen LogP contribution in [0.4, 0.5) is 4.79 Å². The molecule has 0 radical (unpaired) electrons. The highest BCUT2D eigenvalue weighted by Crippen LogP contribution is 2.11. The summed E-state index contributed by atoms with van der Waals surface area (Å²) >= 11 is 0. The molecule has 1 aromatic heterocycles. The summed E-state index contributed by atoms with van der Waals surface area (Å²) in [7, 11) is 0. The van der Waals surface area contributed by atoms with Crippen LogP contribution in [0.15, 0.2) is 83.8 Å². The minimum Gasteiger partial charge on any atom is -0.444 e. The Labute approximate surface area is 140 Å². The van der Waals surface area contributed by atoms with E-state index in [1.54, 1.807) is 12.1 Å². The Hall–Kier alpha value is -3.14. The first-order valence-electron chi connectivity index (χ1n) is 7.69. The summed E-state index contributed by atoms with van der Waals surface area (Å²) in [6.07, 6.45) is 1.59. The van der Waals surface area contributed by atoms with Gasteiger partial charge in [-0.1, -0.05) is 60.7 Å². The van der Waals surface area contributed by atoms with Gasteiger partial charge < -0.3 is 4.74 Å². The molecule has 2 aromatic carbocycles. The van der Waals surface area contributed by atoms with E-state index in [2.05, 4.69) is 12.1 Å². The van der Waals surface area contributed by atoms with Gasteiger partial charge in [0.2, 0.25) is 0 Å². The lowest BCUT2D eigenvalue weighted by atomic mass is 10.0. The lowest BCUT2D eigenvalue weighted by Gasteiger charge is -2.07. The molecule has 0 saturated heterocycles. The Morgan fingerprint density at radius 3 is 2.12 bits per heavy atom. The van der Waals surface area contributed by atoms with E-state index in [-0.39, 0.29) is 6.61 Å². The molecule has 0 unspecified atom stereocenters. The predicted molar refractivity (Wildman–Crippen MR) is 92.0 cm³/mol. The first-order valence-corrected chi connectivity index (χ1v) is 7.69. The Morgan fingerprint density at radius 2 is 1.42 bits per heavy atom. The average Bonchev–Trinajstić information content (AvgIpc) is 2.62. The van der Waals surface area contributed by atoms with E-state index in [0.717, 1.165) is 16.6 Å². The summed E-state index contributed by atoms with van der Waals surface area (Å²) in [5.41, 5.74) is 2.92. The fourth-order valence-electron chi connectivity index (χ4n) is 2.38. The van der Waals surface area contributed by atoms with Crippen LogP contribution in [0.2, 0.25) is 0 Å². The van der Waals surface area contributed by atoms with Crippen molar-refractivity contribution < 1.29 is 9.53 Å². The van der Waals surface area contributed by atoms with E-state index in [0.29, 0.717) is 0 Å². The van der Waals surface area contributed by atoms with Crippen molar-refractivity contribution in [3.8, 4) is 0 Å². The van der Waals surface area contributed by atoms with Crippen LogP contribution in [0.1, 0.15) is 16.7 Å². The van der Waals surface area contributed by atoms with Gasteiger partial charge in [0, 0.05) is 12.3 Å². The van der Waals surface area contributed by atoms with Gasteiger partial charge in [0.15, 0.2) is 0 Å². The zero-order chi connectivity index (χ0) is 16.8. The molecular weight excluding hydrogens is 302 g/mol. The standard InChI is InChI=1S/C20H17NO3/c22-19-8-4-5-13-21(19)20(23)24-15-18-11-9-17(10-12-18)14-16-6-2-1-3-7-16/h1-13H,14-15H2. The molecular formula is C20H17NO3. The minimum atomic E-state index is -0.672. The SMILES string of the molecule is O=C(OCc1ccc(Cc2ccccc2)cc1)n1ccccc1=O. The third-order valence-corrected chi connectivity index (χ3v) is 3.66. The van der Waals surface area contributed by atoms with Gasteiger partial charge in [0.1, 0.15) is 6.61 Å². The molecule has 0 bridgehead atoms. The van der Waals surface area contributed by atoms with Crippen LogP contribution < -0.4 is 5.56 Å². The van der Waals surface area contributed by atoms with Crippen LogP contribution in [0.5, 0.6) is 0 Å². The van der Waals surface area contributed by atoms with Crippen molar-refractivity contribution in [3.63, 3.8) is 0 Å². The van der Waals surface area contributed by atoms with Crippen LogP contribution >= 0.6 is 0 Å². The number of hydrogen-bond donors (Lipinski definition) is 0. The number of aromatic nitrogens is 1. The van der Waals surface area contributed by atoms with Gasteiger partial charge in [0.25, 0.3) is 5.56 Å². The summed E-state index contributed by atoms with van der Waals surface area (Å²) in [4.78, 5) is 23.4. The second kappa shape index (κ2) is 7.42. The predicted octanol–water partition coefficient (Wildman–Crippen LogP) is 3.62. The molecule has 0 N–H and O–H groups in total. The van der Waals surface area contributed by atoms with Gasteiger partial charge in [-0.05, 0) is 29.2 Å². The molecule has 3 aromatic rings. The van der Waals surface area contributed by atoms with E-state index < -0.39 is 11.7 Å². The second-order valence-electron chi connectivity index (χ2n) is 5.44. The summed E-state index contributed by atoms with van der Waals surface area (Å²) in [6.45, 7) is 0.131. The van der Waals surface area contributed by atoms with Gasteiger partial charge >= 0.3 is 6.09 Å². The van der Waals surface area contributed by atoms with Gasteiger partial charge in [-0.2, -0.15) is 0 Å². The monoisotopic (exact) mass is 319 g/mol. The van der Waals surface area contributed by atoms with Gasteiger partial charge in [-0.15, -0.1) is 0 Å². The normalized spacial score (nSPS) is 10.3. The fraction of sp³-hybridized carbons (Fsp3) is 0.100. The minimum absolute atomic E-state index is 0.131. The number of carbonyl (C=O) groups is 1.